The Balaban J connectivity index is 2.48. The third kappa shape index (κ3) is 3.48. The summed E-state index contributed by atoms with van der Waals surface area (Å²) in [5, 5.41) is 8.49. The van der Waals surface area contributed by atoms with Crippen LogP contribution in [0.3, 0.4) is 0 Å². The third-order valence-electron chi connectivity index (χ3n) is 1.75. The molecule has 0 saturated carbocycles. The summed E-state index contributed by atoms with van der Waals surface area (Å²) in [5.41, 5.74) is 1.20. The first-order valence-corrected chi connectivity index (χ1v) is 4.18. The van der Waals surface area contributed by atoms with E-state index in [-0.39, 0.29) is 7.69 Å². The summed E-state index contributed by atoms with van der Waals surface area (Å²) in [6.45, 7) is 0.722. The minimum absolute atomic E-state index is 0.280. The molecule has 0 saturated heterocycles. The monoisotopic (exact) mass is 180 g/mol. The number of hydrogen-bond acceptors (Lipinski definition) is 3. The molecule has 0 fully saturated rings. The molecule has 0 unspecified atom stereocenters. The molecular formula is C9H13BO3. The molecule has 1 aromatic rings. The average Bonchev–Trinajstić information content (AvgIpc) is 2.17. The second-order valence-electron chi connectivity index (χ2n) is 2.66. The Hall–Kier alpha value is -0.995. The fraction of sp³-hybridized carbons (Fsp3) is 0.333. The molecule has 0 aliphatic rings. The predicted octanol–water partition coefficient (Wildman–Crippen LogP) is 0.513. The normalized spacial score (nSPS) is 9.69. The van der Waals surface area contributed by atoms with Crippen molar-refractivity contribution in [3.8, 4) is 5.75 Å². The van der Waals surface area contributed by atoms with Crippen molar-refractivity contribution in [3.63, 3.8) is 0 Å². The van der Waals surface area contributed by atoms with Gasteiger partial charge in [0.25, 0.3) is 0 Å². The first-order chi connectivity index (χ1) is 6.36. The lowest BCUT2D eigenvalue weighted by molar-refractivity contribution is 0.202. The minimum Gasteiger partial charge on any atom is -0.539 e. The highest BCUT2D eigenvalue weighted by molar-refractivity contribution is 6.17. The molecule has 70 valence electrons. The van der Waals surface area contributed by atoms with Crippen molar-refractivity contribution in [1.82, 2.24) is 0 Å². The van der Waals surface area contributed by atoms with E-state index in [4.69, 9.17) is 14.4 Å². The Morgan fingerprint density at radius 1 is 1.31 bits per heavy atom. The number of methoxy groups -OCH3 is 1. The van der Waals surface area contributed by atoms with Gasteiger partial charge in [-0.2, -0.15) is 0 Å². The molecule has 1 aromatic carbocycles. The molecule has 0 aliphatic carbocycles. The van der Waals surface area contributed by atoms with Crippen molar-refractivity contribution >= 4 is 7.69 Å². The average molecular weight is 180 g/mol. The van der Waals surface area contributed by atoms with E-state index < -0.39 is 0 Å². The number of benzene rings is 1. The van der Waals surface area contributed by atoms with Crippen LogP contribution in [0.5, 0.6) is 5.75 Å². The van der Waals surface area contributed by atoms with Crippen LogP contribution in [0.1, 0.15) is 5.56 Å². The van der Waals surface area contributed by atoms with Crippen LogP contribution >= 0.6 is 0 Å². The van der Waals surface area contributed by atoms with Crippen molar-refractivity contribution in [3.05, 3.63) is 29.8 Å². The van der Waals surface area contributed by atoms with Crippen LogP contribution in [0.25, 0.3) is 0 Å². The van der Waals surface area contributed by atoms with Crippen LogP contribution in [0.2, 0.25) is 0 Å². The maximum absolute atomic E-state index is 8.49. The Morgan fingerprint density at radius 2 is 2.00 bits per heavy atom. The lowest BCUT2D eigenvalue weighted by Gasteiger charge is -2.03. The molecule has 1 rings (SSSR count). The lowest BCUT2D eigenvalue weighted by Crippen LogP contribution is -2.00. The quantitative estimate of drug-likeness (QED) is 0.671. The number of rotatable bonds is 5. The molecule has 0 amide bonds. The highest BCUT2D eigenvalue weighted by Crippen LogP contribution is 2.11. The van der Waals surface area contributed by atoms with Crippen LogP contribution < -0.4 is 4.65 Å². The number of hydrogen-bond donors (Lipinski definition) is 1. The highest BCUT2D eigenvalue weighted by atomic mass is 16.5. The molecule has 4 heteroatoms. The van der Waals surface area contributed by atoms with Gasteiger partial charge in [-0.25, -0.2) is 0 Å². The van der Waals surface area contributed by atoms with Crippen LogP contribution in [0, 0.1) is 0 Å². The Kier molecular flexibility index (Phi) is 4.36. The van der Waals surface area contributed by atoms with E-state index >= 15 is 0 Å². The van der Waals surface area contributed by atoms with Crippen LogP contribution in [0.4, 0.5) is 0 Å². The van der Waals surface area contributed by atoms with Crippen LogP contribution in [-0.2, 0) is 11.2 Å². The first-order valence-electron chi connectivity index (χ1n) is 4.18. The van der Waals surface area contributed by atoms with E-state index in [0.717, 1.165) is 13.0 Å². The Bertz CT molecular complexity index is 235. The fourth-order valence-corrected chi connectivity index (χ4v) is 1.05. The lowest BCUT2D eigenvalue weighted by atomic mass is 10.1. The van der Waals surface area contributed by atoms with Gasteiger partial charge < -0.3 is 14.4 Å². The molecule has 0 aliphatic heterocycles. The van der Waals surface area contributed by atoms with Crippen molar-refractivity contribution in [2.75, 3.05) is 13.7 Å². The second-order valence-corrected chi connectivity index (χ2v) is 2.66. The van der Waals surface area contributed by atoms with Gasteiger partial charge in [0.05, 0.1) is 6.61 Å². The zero-order valence-corrected chi connectivity index (χ0v) is 7.69. The molecule has 13 heavy (non-hydrogen) atoms. The zero-order valence-electron chi connectivity index (χ0n) is 7.69. The van der Waals surface area contributed by atoms with Gasteiger partial charge in [0.15, 0.2) is 0 Å². The molecule has 0 atom stereocenters. The van der Waals surface area contributed by atoms with Gasteiger partial charge >= 0.3 is 7.69 Å². The summed E-state index contributed by atoms with van der Waals surface area (Å²) in [4.78, 5) is 0. The zero-order chi connectivity index (χ0) is 9.52. The summed E-state index contributed by atoms with van der Waals surface area (Å²) < 4.78 is 9.84. The van der Waals surface area contributed by atoms with Crippen LogP contribution in [-0.4, -0.2) is 26.4 Å². The predicted molar refractivity (Wildman–Crippen MR) is 52.0 cm³/mol. The SMILES string of the molecule is COCCc1ccc(OBO)cc1. The standard InChI is InChI=1S/C9H13BO3/c1-12-7-6-8-2-4-9(5-3-8)13-10-11/h2-5,10-11H,6-7H2,1H3. The molecule has 0 aromatic heterocycles. The molecule has 1 N–H and O–H groups in total. The van der Waals surface area contributed by atoms with Crippen molar-refractivity contribution in [1.29, 1.82) is 0 Å². The van der Waals surface area contributed by atoms with Crippen LogP contribution in [0.15, 0.2) is 24.3 Å². The molecule has 0 radical (unpaired) electrons. The smallest absolute Gasteiger partial charge is 0.504 e. The molecule has 0 spiro atoms. The third-order valence-corrected chi connectivity index (χ3v) is 1.75. The summed E-state index contributed by atoms with van der Waals surface area (Å²) in [5.74, 6) is 0.684. The van der Waals surface area contributed by atoms with E-state index in [1.165, 1.54) is 5.56 Å². The molecule has 0 heterocycles. The fourth-order valence-electron chi connectivity index (χ4n) is 1.05. The summed E-state index contributed by atoms with van der Waals surface area (Å²) in [6, 6.07) is 7.59. The van der Waals surface area contributed by atoms with Gasteiger partial charge in [0.2, 0.25) is 0 Å². The summed E-state index contributed by atoms with van der Waals surface area (Å²) in [6.07, 6.45) is 0.899. The van der Waals surface area contributed by atoms with Gasteiger partial charge in [-0.15, -0.1) is 0 Å². The maximum Gasteiger partial charge on any atom is 0.504 e. The van der Waals surface area contributed by atoms with Crippen molar-refractivity contribution < 1.29 is 14.4 Å². The van der Waals surface area contributed by atoms with E-state index in [9.17, 15) is 0 Å². The Morgan fingerprint density at radius 3 is 2.54 bits per heavy atom. The van der Waals surface area contributed by atoms with E-state index in [0.29, 0.717) is 5.75 Å². The summed E-state index contributed by atoms with van der Waals surface area (Å²) >= 11 is 0. The van der Waals surface area contributed by atoms with E-state index in [2.05, 4.69) is 0 Å². The highest BCUT2D eigenvalue weighted by Gasteiger charge is 1.94. The second kappa shape index (κ2) is 5.62. The number of ether oxygens (including phenoxy) is 1. The maximum atomic E-state index is 8.49. The molecular weight excluding hydrogens is 167 g/mol. The van der Waals surface area contributed by atoms with E-state index in [1.54, 1.807) is 7.11 Å². The largest absolute Gasteiger partial charge is 0.539 e. The van der Waals surface area contributed by atoms with Gasteiger partial charge in [0, 0.05) is 7.11 Å². The van der Waals surface area contributed by atoms with E-state index in [1.807, 2.05) is 24.3 Å². The molecule has 0 bridgehead atoms. The van der Waals surface area contributed by atoms with Gasteiger partial charge in [-0.3, -0.25) is 0 Å². The Labute approximate surface area is 78.6 Å². The summed E-state index contributed by atoms with van der Waals surface area (Å²) in [7, 11) is 1.40. The minimum atomic E-state index is -0.280. The van der Waals surface area contributed by atoms with Crippen molar-refractivity contribution in [2.45, 2.75) is 6.42 Å². The van der Waals surface area contributed by atoms with Gasteiger partial charge in [-0.05, 0) is 24.1 Å². The van der Waals surface area contributed by atoms with Gasteiger partial charge in [-0.1, -0.05) is 12.1 Å². The first kappa shape index (κ1) is 10.1. The molecule has 3 nitrogen and oxygen atoms in total. The van der Waals surface area contributed by atoms with Crippen molar-refractivity contribution in [2.24, 2.45) is 0 Å². The topological polar surface area (TPSA) is 38.7 Å². The van der Waals surface area contributed by atoms with Gasteiger partial charge in [0.1, 0.15) is 5.75 Å².